The van der Waals surface area contributed by atoms with Crippen molar-refractivity contribution in [3.05, 3.63) is 53.8 Å². The molecule has 2 N–H and O–H groups in total. The number of hydrogen-bond donors (Lipinski definition) is 2. The minimum absolute atomic E-state index is 0.0736. The van der Waals surface area contributed by atoms with Crippen molar-refractivity contribution < 1.29 is 23.8 Å². The average molecular weight is 318 g/mol. The first-order valence-electron chi connectivity index (χ1n) is 6.66. The summed E-state index contributed by atoms with van der Waals surface area (Å²) in [7, 11) is 1.44. The van der Waals surface area contributed by atoms with E-state index in [1.807, 2.05) is 0 Å². The summed E-state index contributed by atoms with van der Waals surface area (Å²) < 4.78 is 22.8. The van der Waals surface area contributed by atoms with E-state index in [-0.39, 0.29) is 18.2 Å². The van der Waals surface area contributed by atoms with Crippen LogP contribution < -0.4 is 14.9 Å². The number of carbonyl (C=O) groups excluding carboxylic acids is 1. The molecular weight excluding hydrogens is 303 g/mol. The van der Waals surface area contributed by atoms with Gasteiger partial charge in [0, 0.05) is 5.56 Å². The van der Waals surface area contributed by atoms with Gasteiger partial charge in [-0.25, -0.2) is 9.82 Å². The number of halogens is 1. The van der Waals surface area contributed by atoms with Crippen LogP contribution in [0.2, 0.25) is 0 Å². The van der Waals surface area contributed by atoms with Crippen molar-refractivity contribution >= 4 is 12.1 Å². The number of rotatable bonds is 6. The highest BCUT2D eigenvalue weighted by Crippen LogP contribution is 2.27. The molecule has 0 radical (unpaired) electrons. The van der Waals surface area contributed by atoms with Gasteiger partial charge in [-0.15, -0.1) is 0 Å². The van der Waals surface area contributed by atoms with Crippen LogP contribution >= 0.6 is 0 Å². The molecule has 6 nitrogen and oxygen atoms in total. The summed E-state index contributed by atoms with van der Waals surface area (Å²) in [5, 5.41) is 13.6. The van der Waals surface area contributed by atoms with Crippen LogP contribution in [0.15, 0.2) is 47.6 Å². The molecule has 0 aliphatic rings. The van der Waals surface area contributed by atoms with E-state index < -0.39 is 5.91 Å². The number of nitrogens with one attached hydrogen (secondary N) is 1. The highest BCUT2D eigenvalue weighted by Gasteiger charge is 2.05. The molecule has 0 saturated heterocycles. The normalized spacial score (nSPS) is 10.5. The molecule has 0 atom stereocenters. The number of aromatic hydroxyl groups is 1. The van der Waals surface area contributed by atoms with Crippen LogP contribution in [0.1, 0.15) is 5.56 Å². The summed E-state index contributed by atoms with van der Waals surface area (Å²) in [5.74, 6) is -0.274. The second kappa shape index (κ2) is 7.79. The third-order valence-electron chi connectivity index (χ3n) is 2.83. The van der Waals surface area contributed by atoms with Crippen molar-refractivity contribution in [3.8, 4) is 17.2 Å². The van der Waals surface area contributed by atoms with Crippen LogP contribution in [-0.2, 0) is 4.79 Å². The first-order chi connectivity index (χ1) is 11.1. The Morgan fingerprint density at radius 1 is 1.30 bits per heavy atom. The standard InChI is InChI=1S/C16H15FN2O4/c1-22-14-4-2-3-11(16(14)21)9-18-19-15(20)10-23-13-7-5-12(17)6-8-13/h2-9,21H,10H2,1H3,(H,19,20). The Morgan fingerprint density at radius 3 is 2.74 bits per heavy atom. The monoisotopic (exact) mass is 318 g/mol. The number of ether oxygens (including phenoxy) is 2. The number of phenols is 1. The SMILES string of the molecule is COc1cccc(C=NNC(=O)COc2ccc(F)cc2)c1O. The first kappa shape index (κ1) is 16.3. The zero-order chi connectivity index (χ0) is 16.7. The number of amides is 1. The number of methoxy groups -OCH3 is 1. The molecule has 2 aromatic rings. The van der Waals surface area contributed by atoms with E-state index in [9.17, 15) is 14.3 Å². The Labute approximate surface area is 132 Å². The van der Waals surface area contributed by atoms with Gasteiger partial charge < -0.3 is 14.6 Å². The van der Waals surface area contributed by atoms with E-state index in [2.05, 4.69) is 10.5 Å². The number of hydrazone groups is 1. The van der Waals surface area contributed by atoms with E-state index in [1.54, 1.807) is 18.2 Å². The molecule has 2 aromatic carbocycles. The van der Waals surface area contributed by atoms with Crippen molar-refractivity contribution in [1.82, 2.24) is 5.43 Å². The Morgan fingerprint density at radius 2 is 2.04 bits per heavy atom. The molecule has 0 aromatic heterocycles. The molecule has 0 bridgehead atoms. The fraction of sp³-hybridized carbons (Fsp3) is 0.125. The molecule has 23 heavy (non-hydrogen) atoms. The summed E-state index contributed by atoms with van der Waals surface area (Å²) in [6.45, 7) is -0.271. The van der Waals surface area contributed by atoms with Crippen LogP contribution in [0.4, 0.5) is 4.39 Å². The minimum Gasteiger partial charge on any atom is -0.504 e. The number of phenolic OH excluding ortho intramolecular Hbond substituents is 1. The van der Waals surface area contributed by atoms with E-state index in [4.69, 9.17) is 9.47 Å². The van der Waals surface area contributed by atoms with Gasteiger partial charge in [0.1, 0.15) is 11.6 Å². The molecule has 0 unspecified atom stereocenters. The molecule has 0 saturated carbocycles. The predicted molar refractivity (Wildman–Crippen MR) is 82.3 cm³/mol. The Bertz CT molecular complexity index is 702. The van der Waals surface area contributed by atoms with Gasteiger partial charge in [-0.3, -0.25) is 4.79 Å². The quantitative estimate of drug-likeness (QED) is 0.631. The Balaban J connectivity index is 1.85. The van der Waals surface area contributed by atoms with Crippen LogP contribution in [0.3, 0.4) is 0 Å². The lowest BCUT2D eigenvalue weighted by molar-refractivity contribution is -0.123. The van der Waals surface area contributed by atoms with Gasteiger partial charge in [0.25, 0.3) is 5.91 Å². The number of carbonyl (C=O) groups is 1. The largest absolute Gasteiger partial charge is 0.504 e. The highest BCUT2D eigenvalue weighted by molar-refractivity contribution is 5.86. The van der Waals surface area contributed by atoms with E-state index in [0.29, 0.717) is 17.1 Å². The summed E-state index contributed by atoms with van der Waals surface area (Å²) >= 11 is 0. The summed E-state index contributed by atoms with van der Waals surface area (Å²) in [5.41, 5.74) is 2.65. The number of para-hydroxylation sites is 1. The van der Waals surface area contributed by atoms with E-state index >= 15 is 0 Å². The zero-order valence-electron chi connectivity index (χ0n) is 12.3. The lowest BCUT2D eigenvalue weighted by atomic mass is 10.2. The molecule has 1 amide bonds. The molecule has 0 fully saturated rings. The van der Waals surface area contributed by atoms with Gasteiger partial charge >= 0.3 is 0 Å². The highest BCUT2D eigenvalue weighted by atomic mass is 19.1. The fourth-order valence-corrected chi connectivity index (χ4v) is 1.69. The Hall–Kier alpha value is -3.09. The maximum atomic E-state index is 12.7. The van der Waals surface area contributed by atoms with Crippen molar-refractivity contribution in [2.45, 2.75) is 0 Å². The smallest absolute Gasteiger partial charge is 0.277 e. The van der Waals surface area contributed by atoms with Crippen molar-refractivity contribution in [2.75, 3.05) is 13.7 Å². The molecule has 0 aliphatic carbocycles. The second-order valence-corrected chi connectivity index (χ2v) is 4.43. The van der Waals surface area contributed by atoms with Crippen LogP contribution in [0.5, 0.6) is 17.2 Å². The third kappa shape index (κ3) is 4.70. The zero-order valence-corrected chi connectivity index (χ0v) is 12.3. The molecule has 0 aliphatic heterocycles. The molecule has 0 heterocycles. The van der Waals surface area contributed by atoms with E-state index in [0.717, 1.165) is 0 Å². The Kier molecular flexibility index (Phi) is 5.51. The lowest BCUT2D eigenvalue weighted by Crippen LogP contribution is -2.24. The number of hydrogen-bond acceptors (Lipinski definition) is 5. The van der Waals surface area contributed by atoms with Gasteiger partial charge in [0.2, 0.25) is 0 Å². The van der Waals surface area contributed by atoms with Gasteiger partial charge in [-0.05, 0) is 36.4 Å². The van der Waals surface area contributed by atoms with E-state index in [1.165, 1.54) is 37.6 Å². The van der Waals surface area contributed by atoms with Crippen LogP contribution in [-0.4, -0.2) is 30.9 Å². The van der Waals surface area contributed by atoms with Crippen molar-refractivity contribution in [2.24, 2.45) is 5.10 Å². The second-order valence-electron chi connectivity index (χ2n) is 4.43. The van der Waals surface area contributed by atoms with Gasteiger partial charge in [0.05, 0.1) is 13.3 Å². The average Bonchev–Trinajstić information content (AvgIpc) is 2.56. The fourth-order valence-electron chi connectivity index (χ4n) is 1.69. The van der Waals surface area contributed by atoms with Crippen LogP contribution in [0.25, 0.3) is 0 Å². The van der Waals surface area contributed by atoms with Crippen LogP contribution in [0, 0.1) is 5.82 Å². The molecule has 7 heteroatoms. The first-order valence-corrected chi connectivity index (χ1v) is 6.66. The topological polar surface area (TPSA) is 80.2 Å². The summed E-state index contributed by atoms with van der Waals surface area (Å²) in [6, 6.07) is 10.2. The molecule has 120 valence electrons. The third-order valence-corrected chi connectivity index (χ3v) is 2.83. The van der Waals surface area contributed by atoms with Gasteiger partial charge in [-0.1, -0.05) is 6.07 Å². The van der Waals surface area contributed by atoms with Crippen molar-refractivity contribution in [1.29, 1.82) is 0 Å². The molecular formula is C16H15FN2O4. The maximum Gasteiger partial charge on any atom is 0.277 e. The number of nitrogens with zero attached hydrogens (tertiary/aromatic N) is 1. The molecule has 0 spiro atoms. The predicted octanol–water partition coefficient (Wildman–Crippen LogP) is 2.07. The number of benzene rings is 2. The summed E-state index contributed by atoms with van der Waals surface area (Å²) in [6.07, 6.45) is 1.29. The van der Waals surface area contributed by atoms with Gasteiger partial charge in [0.15, 0.2) is 18.1 Å². The van der Waals surface area contributed by atoms with Crippen molar-refractivity contribution in [3.63, 3.8) is 0 Å². The summed E-state index contributed by atoms with van der Waals surface area (Å²) in [4.78, 5) is 11.6. The minimum atomic E-state index is -0.493. The lowest BCUT2D eigenvalue weighted by Gasteiger charge is -2.06. The maximum absolute atomic E-state index is 12.7. The van der Waals surface area contributed by atoms with Gasteiger partial charge in [-0.2, -0.15) is 5.10 Å². The molecule has 2 rings (SSSR count).